The van der Waals surface area contributed by atoms with Crippen LogP contribution in [0.25, 0.3) is 11.0 Å². The second-order valence-corrected chi connectivity index (χ2v) is 6.85. The number of fused-ring (bicyclic) bond motifs is 1. The Morgan fingerprint density at radius 3 is 2.65 bits per heavy atom. The molecule has 2 aromatic carbocycles. The van der Waals surface area contributed by atoms with Gasteiger partial charge in [-0.25, -0.2) is 9.97 Å². The van der Waals surface area contributed by atoms with Gasteiger partial charge in [-0.15, -0.1) is 0 Å². The summed E-state index contributed by atoms with van der Waals surface area (Å²) >= 11 is 0. The van der Waals surface area contributed by atoms with Crippen LogP contribution in [0.2, 0.25) is 0 Å². The molecule has 0 fully saturated rings. The predicted molar refractivity (Wildman–Crippen MR) is 105 cm³/mol. The average molecular weight is 345 g/mol. The number of rotatable bonds is 5. The summed E-state index contributed by atoms with van der Waals surface area (Å²) in [6, 6.07) is 10.9. The molecule has 0 unspecified atom stereocenters. The van der Waals surface area contributed by atoms with Crippen molar-refractivity contribution in [2.45, 2.75) is 33.9 Å². The van der Waals surface area contributed by atoms with Crippen molar-refractivity contribution >= 4 is 16.7 Å². The van der Waals surface area contributed by atoms with Crippen molar-refractivity contribution in [1.82, 2.24) is 19.5 Å². The molecule has 0 spiro atoms. The predicted octanol–water partition coefficient (Wildman–Crippen LogP) is 4.35. The van der Waals surface area contributed by atoms with E-state index in [-0.39, 0.29) is 0 Å². The molecule has 132 valence electrons. The first kappa shape index (κ1) is 16.4. The SMILES string of the molecule is Cc1ccc(Cn2cnc3c(NCc4cnc[nH]4)c(C)c(C)cc32)cc1. The maximum Gasteiger partial charge on any atom is 0.112 e. The molecule has 0 aliphatic heterocycles. The molecule has 0 radical (unpaired) electrons. The molecule has 2 heterocycles. The van der Waals surface area contributed by atoms with Crippen molar-refractivity contribution in [2.75, 3.05) is 5.32 Å². The zero-order valence-electron chi connectivity index (χ0n) is 15.4. The Kier molecular flexibility index (Phi) is 4.21. The van der Waals surface area contributed by atoms with Crippen molar-refractivity contribution in [3.8, 4) is 0 Å². The highest BCUT2D eigenvalue weighted by Gasteiger charge is 2.13. The first-order valence-electron chi connectivity index (χ1n) is 8.83. The van der Waals surface area contributed by atoms with Crippen LogP contribution in [0.4, 0.5) is 5.69 Å². The summed E-state index contributed by atoms with van der Waals surface area (Å²) in [5, 5.41) is 3.54. The Bertz CT molecular complexity index is 1030. The zero-order valence-corrected chi connectivity index (χ0v) is 15.4. The van der Waals surface area contributed by atoms with E-state index in [9.17, 15) is 0 Å². The molecule has 0 amide bonds. The molecule has 0 aliphatic carbocycles. The van der Waals surface area contributed by atoms with Crippen molar-refractivity contribution in [3.63, 3.8) is 0 Å². The highest BCUT2D eigenvalue weighted by Crippen LogP contribution is 2.30. The first-order chi connectivity index (χ1) is 12.6. The second-order valence-electron chi connectivity index (χ2n) is 6.85. The molecule has 0 saturated carbocycles. The number of H-pyrrole nitrogens is 1. The Labute approximate surface area is 153 Å². The van der Waals surface area contributed by atoms with Crippen LogP contribution in [0.3, 0.4) is 0 Å². The summed E-state index contributed by atoms with van der Waals surface area (Å²) < 4.78 is 2.22. The summed E-state index contributed by atoms with van der Waals surface area (Å²) in [6.07, 6.45) is 5.47. The lowest BCUT2D eigenvalue weighted by molar-refractivity contribution is 0.824. The standard InChI is InChI=1S/C21H23N5/c1-14-4-6-17(7-5-14)11-26-13-25-21-19(26)8-15(2)16(3)20(21)23-10-18-9-22-12-24-18/h4-9,12-13,23H,10-11H2,1-3H3,(H,22,24). The molecular formula is C21H23N5. The normalized spacial score (nSPS) is 11.2. The number of hydrogen-bond acceptors (Lipinski definition) is 3. The fourth-order valence-corrected chi connectivity index (χ4v) is 3.22. The minimum atomic E-state index is 0.699. The van der Waals surface area contributed by atoms with Crippen LogP contribution in [-0.2, 0) is 13.1 Å². The fourth-order valence-electron chi connectivity index (χ4n) is 3.22. The van der Waals surface area contributed by atoms with Crippen LogP contribution in [0.15, 0.2) is 49.2 Å². The minimum Gasteiger partial charge on any atom is -0.377 e. The van der Waals surface area contributed by atoms with Crippen LogP contribution >= 0.6 is 0 Å². The molecule has 0 saturated heterocycles. The third-order valence-electron chi connectivity index (χ3n) is 4.92. The van der Waals surface area contributed by atoms with Gasteiger partial charge in [-0.05, 0) is 43.5 Å². The Morgan fingerprint density at radius 2 is 1.92 bits per heavy atom. The van der Waals surface area contributed by atoms with E-state index in [0.717, 1.165) is 29.0 Å². The van der Waals surface area contributed by atoms with Gasteiger partial charge in [0.25, 0.3) is 0 Å². The van der Waals surface area contributed by atoms with Gasteiger partial charge in [0.05, 0.1) is 36.1 Å². The second kappa shape index (κ2) is 6.67. The van der Waals surface area contributed by atoms with Crippen molar-refractivity contribution in [1.29, 1.82) is 0 Å². The van der Waals surface area contributed by atoms with Gasteiger partial charge in [0.2, 0.25) is 0 Å². The smallest absolute Gasteiger partial charge is 0.112 e. The number of anilines is 1. The van der Waals surface area contributed by atoms with Gasteiger partial charge >= 0.3 is 0 Å². The third-order valence-corrected chi connectivity index (χ3v) is 4.92. The molecule has 0 bridgehead atoms. The molecule has 26 heavy (non-hydrogen) atoms. The van der Waals surface area contributed by atoms with Crippen molar-refractivity contribution in [3.05, 3.63) is 77.1 Å². The molecule has 0 atom stereocenters. The molecule has 2 N–H and O–H groups in total. The van der Waals surface area contributed by atoms with Gasteiger partial charge in [-0.3, -0.25) is 0 Å². The van der Waals surface area contributed by atoms with E-state index in [0.29, 0.717) is 6.54 Å². The fraction of sp³-hybridized carbons (Fsp3) is 0.238. The van der Waals surface area contributed by atoms with E-state index >= 15 is 0 Å². The van der Waals surface area contributed by atoms with E-state index in [1.54, 1.807) is 6.33 Å². The number of aromatic amines is 1. The van der Waals surface area contributed by atoms with Gasteiger partial charge in [-0.2, -0.15) is 0 Å². The number of hydrogen-bond donors (Lipinski definition) is 2. The lowest BCUT2D eigenvalue weighted by Gasteiger charge is -2.13. The molecule has 4 aromatic rings. The largest absolute Gasteiger partial charge is 0.377 e. The maximum absolute atomic E-state index is 4.71. The number of aromatic nitrogens is 4. The average Bonchev–Trinajstić information content (AvgIpc) is 3.28. The van der Waals surface area contributed by atoms with Gasteiger partial charge in [0, 0.05) is 12.7 Å². The van der Waals surface area contributed by atoms with E-state index < -0.39 is 0 Å². The first-order valence-corrected chi connectivity index (χ1v) is 8.83. The van der Waals surface area contributed by atoms with Crippen LogP contribution in [-0.4, -0.2) is 19.5 Å². The quantitative estimate of drug-likeness (QED) is 0.565. The lowest BCUT2D eigenvalue weighted by atomic mass is 10.1. The van der Waals surface area contributed by atoms with Crippen LogP contribution in [0.5, 0.6) is 0 Å². The third kappa shape index (κ3) is 3.08. The molecule has 4 rings (SSSR count). The highest BCUT2D eigenvalue weighted by molar-refractivity contribution is 5.91. The highest BCUT2D eigenvalue weighted by atomic mass is 15.1. The van der Waals surface area contributed by atoms with Crippen LogP contribution in [0, 0.1) is 20.8 Å². The zero-order chi connectivity index (χ0) is 18.1. The summed E-state index contributed by atoms with van der Waals surface area (Å²) in [7, 11) is 0. The number of imidazole rings is 2. The summed E-state index contributed by atoms with van der Waals surface area (Å²) in [5.74, 6) is 0. The summed E-state index contributed by atoms with van der Waals surface area (Å²) in [6.45, 7) is 7.92. The lowest BCUT2D eigenvalue weighted by Crippen LogP contribution is -2.04. The Morgan fingerprint density at radius 1 is 1.12 bits per heavy atom. The number of nitrogens with one attached hydrogen (secondary N) is 2. The van der Waals surface area contributed by atoms with Gasteiger partial charge < -0.3 is 14.9 Å². The van der Waals surface area contributed by atoms with Crippen LogP contribution < -0.4 is 5.32 Å². The van der Waals surface area contributed by atoms with Crippen molar-refractivity contribution < 1.29 is 0 Å². The summed E-state index contributed by atoms with van der Waals surface area (Å²) in [4.78, 5) is 11.9. The molecule has 0 aliphatic rings. The Hall–Kier alpha value is -3.08. The van der Waals surface area contributed by atoms with Gasteiger partial charge in [0.1, 0.15) is 5.52 Å². The van der Waals surface area contributed by atoms with E-state index in [1.165, 1.54) is 22.3 Å². The maximum atomic E-state index is 4.71. The van der Waals surface area contributed by atoms with Gasteiger partial charge in [-0.1, -0.05) is 29.8 Å². The topological polar surface area (TPSA) is 58.5 Å². The van der Waals surface area contributed by atoms with E-state index in [2.05, 4.69) is 71.0 Å². The number of nitrogens with zero attached hydrogens (tertiary/aromatic N) is 3. The molecule has 5 heteroatoms. The molecular weight excluding hydrogens is 322 g/mol. The van der Waals surface area contributed by atoms with Crippen molar-refractivity contribution in [2.24, 2.45) is 0 Å². The summed E-state index contributed by atoms with van der Waals surface area (Å²) in [5.41, 5.74) is 9.37. The number of aryl methyl sites for hydroxylation is 2. The molecule has 2 aromatic heterocycles. The van der Waals surface area contributed by atoms with E-state index in [1.807, 2.05) is 12.5 Å². The number of benzene rings is 2. The molecule has 5 nitrogen and oxygen atoms in total. The van der Waals surface area contributed by atoms with Crippen LogP contribution in [0.1, 0.15) is 27.9 Å². The van der Waals surface area contributed by atoms with Gasteiger partial charge in [0.15, 0.2) is 0 Å². The monoisotopic (exact) mass is 345 g/mol. The minimum absolute atomic E-state index is 0.699. The van der Waals surface area contributed by atoms with E-state index in [4.69, 9.17) is 4.98 Å². The Balaban J connectivity index is 1.69.